The monoisotopic (exact) mass is 493 g/mol. The number of likely N-dealkylation sites (tertiary alicyclic amines) is 1. The molecule has 1 aliphatic rings. The smallest absolute Gasteiger partial charge is 0.403 e. The summed E-state index contributed by atoms with van der Waals surface area (Å²) in [5, 5.41) is 14.8. The molecule has 182 valence electrons. The van der Waals surface area contributed by atoms with Gasteiger partial charge in [-0.3, -0.25) is 15.0 Å². The number of piperidine rings is 1. The fourth-order valence-electron chi connectivity index (χ4n) is 4.20. The molecule has 3 aromatic rings. The number of carbonyl (C=O) groups excluding carboxylic acids is 1. The van der Waals surface area contributed by atoms with Crippen LogP contribution in [0.5, 0.6) is 5.75 Å². The third kappa shape index (κ3) is 7.04. The van der Waals surface area contributed by atoms with Crippen LogP contribution in [0.3, 0.4) is 0 Å². The predicted molar refractivity (Wildman–Crippen MR) is 137 cm³/mol. The molecule has 7 nitrogen and oxygen atoms in total. The van der Waals surface area contributed by atoms with Crippen LogP contribution < -0.4 is 10.1 Å². The highest BCUT2D eigenvalue weighted by Gasteiger charge is 2.19. The molecule has 1 heterocycles. The van der Waals surface area contributed by atoms with Gasteiger partial charge in [0.2, 0.25) is 5.75 Å². The first kappa shape index (κ1) is 24.7. The highest BCUT2D eigenvalue weighted by atomic mass is 35.5. The molecule has 0 aromatic heterocycles. The Morgan fingerprint density at radius 1 is 0.943 bits per heavy atom. The average molecular weight is 494 g/mol. The third-order valence-corrected chi connectivity index (χ3v) is 6.35. The van der Waals surface area contributed by atoms with Gasteiger partial charge in [0.05, 0.1) is 4.92 Å². The molecule has 0 atom stereocenters. The molecule has 0 bridgehead atoms. The molecule has 1 fully saturated rings. The number of nitrogens with one attached hydrogen (secondary N) is 1. The lowest BCUT2D eigenvalue weighted by atomic mass is 10.0. The van der Waals surface area contributed by atoms with Gasteiger partial charge in [-0.2, -0.15) is 0 Å². The van der Waals surface area contributed by atoms with Crippen LogP contribution in [0.25, 0.3) is 11.1 Å². The largest absolute Gasteiger partial charge is 0.412 e. The maximum absolute atomic E-state index is 12.3. The highest BCUT2D eigenvalue weighted by Crippen LogP contribution is 2.33. The summed E-state index contributed by atoms with van der Waals surface area (Å²) in [5.41, 5.74) is 3.51. The minimum absolute atomic E-state index is 0.104. The van der Waals surface area contributed by atoms with Gasteiger partial charge in [-0.1, -0.05) is 60.5 Å². The van der Waals surface area contributed by atoms with Gasteiger partial charge in [-0.25, -0.2) is 4.79 Å². The van der Waals surface area contributed by atoms with Crippen LogP contribution in [0.15, 0.2) is 66.7 Å². The second-order valence-corrected chi connectivity index (χ2v) is 9.10. The number of nitro groups is 1. The van der Waals surface area contributed by atoms with Gasteiger partial charge in [0, 0.05) is 24.2 Å². The average Bonchev–Trinajstić information content (AvgIpc) is 2.86. The van der Waals surface area contributed by atoms with Gasteiger partial charge in [0.15, 0.2) is 0 Å². The number of rotatable bonds is 8. The van der Waals surface area contributed by atoms with Crippen LogP contribution in [-0.2, 0) is 13.0 Å². The van der Waals surface area contributed by atoms with E-state index in [2.05, 4.69) is 34.5 Å². The number of benzene rings is 3. The number of ether oxygens (including phenoxy) is 1. The van der Waals surface area contributed by atoms with Gasteiger partial charge in [0.25, 0.3) is 0 Å². The van der Waals surface area contributed by atoms with Gasteiger partial charge in [-0.15, -0.1) is 0 Å². The van der Waals surface area contributed by atoms with Crippen molar-refractivity contribution in [1.82, 2.24) is 10.2 Å². The minimum Gasteiger partial charge on any atom is -0.403 e. The molecule has 35 heavy (non-hydrogen) atoms. The van der Waals surface area contributed by atoms with Gasteiger partial charge >= 0.3 is 11.8 Å². The number of carbonyl (C=O) groups is 1. The van der Waals surface area contributed by atoms with E-state index in [1.807, 2.05) is 0 Å². The predicted octanol–water partition coefficient (Wildman–Crippen LogP) is 6.23. The summed E-state index contributed by atoms with van der Waals surface area (Å²) in [6, 6.07) is 19.9. The van der Waals surface area contributed by atoms with Crippen LogP contribution in [0, 0.1) is 10.1 Å². The molecule has 0 radical (unpaired) electrons. The molecule has 1 N–H and O–H groups in total. The molecule has 8 heteroatoms. The van der Waals surface area contributed by atoms with E-state index in [1.54, 1.807) is 30.3 Å². The summed E-state index contributed by atoms with van der Waals surface area (Å²) in [4.78, 5) is 25.8. The first-order valence-corrected chi connectivity index (χ1v) is 12.2. The number of nitrogens with zero attached hydrogens (tertiary/aromatic N) is 2. The summed E-state index contributed by atoms with van der Waals surface area (Å²) < 4.78 is 5.24. The Balaban J connectivity index is 1.29. The van der Waals surface area contributed by atoms with Crippen molar-refractivity contribution in [3.63, 3.8) is 0 Å². The zero-order chi connectivity index (χ0) is 24.6. The van der Waals surface area contributed by atoms with E-state index in [4.69, 9.17) is 16.3 Å². The van der Waals surface area contributed by atoms with Crippen LogP contribution in [0.4, 0.5) is 10.5 Å². The highest BCUT2D eigenvalue weighted by molar-refractivity contribution is 6.30. The molecule has 0 unspecified atom stereocenters. The van der Waals surface area contributed by atoms with Crippen molar-refractivity contribution >= 4 is 23.4 Å². The molecule has 4 rings (SSSR count). The molecule has 1 aliphatic heterocycles. The molecule has 0 saturated carbocycles. The Morgan fingerprint density at radius 2 is 1.60 bits per heavy atom. The molecule has 1 amide bonds. The van der Waals surface area contributed by atoms with Gasteiger partial charge in [0.1, 0.15) is 0 Å². The topological polar surface area (TPSA) is 84.7 Å². The van der Waals surface area contributed by atoms with E-state index in [1.165, 1.54) is 37.0 Å². The Labute approximate surface area is 209 Å². The zero-order valence-corrected chi connectivity index (χ0v) is 20.2. The molecule has 3 aromatic carbocycles. The Kier molecular flexibility index (Phi) is 8.34. The maximum atomic E-state index is 12.3. The molecule has 0 spiro atoms. The number of hydrogen-bond acceptors (Lipinski definition) is 5. The summed E-state index contributed by atoms with van der Waals surface area (Å²) in [6.07, 6.45) is 3.78. The van der Waals surface area contributed by atoms with Crippen LogP contribution in [0.1, 0.15) is 30.4 Å². The van der Waals surface area contributed by atoms with Crippen LogP contribution in [-0.4, -0.2) is 35.6 Å². The van der Waals surface area contributed by atoms with Gasteiger partial charge < -0.3 is 10.1 Å². The van der Waals surface area contributed by atoms with E-state index < -0.39 is 11.0 Å². The van der Waals surface area contributed by atoms with Crippen molar-refractivity contribution in [2.75, 3.05) is 19.6 Å². The number of amides is 1. The lowest BCUT2D eigenvalue weighted by Crippen LogP contribution is -2.29. The summed E-state index contributed by atoms with van der Waals surface area (Å²) in [5.74, 6) is -0.104. The van der Waals surface area contributed by atoms with Gasteiger partial charge in [-0.05, 0) is 72.8 Å². The Hall–Kier alpha value is -3.42. The summed E-state index contributed by atoms with van der Waals surface area (Å²) in [6.45, 7) is 3.66. The normalized spacial score (nSPS) is 13.9. The van der Waals surface area contributed by atoms with Crippen LogP contribution >= 0.6 is 11.6 Å². The lowest BCUT2D eigenvalue weighted by Gasteiger charge is -2.26. The number of halogens is 1. The standard InChI is InChI=1S/C27H28ClN3O4/c28-24-11-8-22(9-12-24)23-10-13-26(25(18-23)31(33)34)35-27(32)29-15-14-20-4-6-21(7-5-20)19-30-16-2-1-3-17-30/h4-13,18H,1-3,14-17,19H2,(H,29,32). The summed E-state index contributed by atoms with van der Waals surface area (Å²) in [7, 11) is 0. The summed E-state index contributed by atoms with van der Waals surface area (Å²) >= 11 is 5.91. The second-order valence-electron chi connectivity index (χ2n) is 8.67. The van der Waals surface area contributed by atoms with Crippen molar-refractivity contribution in [3.8, 4) is 16.9 Å². The molecule has 1 saturated heterocycles. The second kappa shape index (κ2) is 11.8. The quantitative estimate of drug-likeness (QED) is 0.297. The van der Waals surface area contributed by atoms with E-state index in [-0.39, 0.29) is 11.4 Å². The van der Waals surface area contributed by atoms with E-state index >= 15 is 0 Å². The minimum atomic E-state index is -0.728. The third-order valence-electron chi connectivity index (χ3n) is 6.10. The zero-order valence-electron chi connectivity index (χ0n) is 19.4. The first-order chi connectivity index (χ1) is 17.0. The lowest BCUT2D eigenvalue weighted by molar-refractivity contribution is -0.385. The van der Waals surface area contributed by atoms with E-state index in [9.17, 15) is 14.9 Å². The Bertz CT molecular complexity index is 1160. The van der Waals surface area contributed by atoms with Crippen molar-refractivity contribution in [1.29, 1.82) is 0 Å². The fourth-order valence-corrected chi connectivity index (χ4v) is 4.33. The number of hydrogen-bond donors (Lipinski definition) is 1. The first-order valence-electron chi connectivity index (χ1n) is 11.8. The van der Waals surface area contributed by atoms with Crippen molar-refractivity contribution in [3.05, 3.63) is 93.0 Å². The van der Waals surface area contributed by atoms with E-state index in [0.29, 0.717) is 23.6 Å². The SMILES string of the molecule is O=C(NCCc1ccc(CN2CCCCC2)cc1)Oc1ccc(-c2ccc(Cl)cc2)cc1[N+](=O)[O-]. The van der Waals surface area contributed by atoms with E-state index in [0.717, 1.165) is 30.8 Å². The Morgan fingerprint density at radius 3 is 2.29 bits per heavy atom. The van der Waals surface area contributed by atoms with Crippen molar-refractivity contribution in [2.45, 2.75) is 32.2 Å². The molecular formula is C27H28ClN3O4. The molecular weight excluding hydrogens is 466 g/mol. The maximum Gasteiger partial charge on any atom is 0.412 e. The number of nitro benzene ring substituents is 1. The van der Waals surface area contributed by atoms with Crippen molar-refractivity contribution < 1.29 is 14.5 Å². The fraction of sp³-hybridized carbons (Fsp3) is 0.296. The van der Waals surface area contributed by atoms with Crippen LogP contribution in [0.2, 0.25) is 5.02 Å². The van der Waals surface area contributed by atoms with Crippen molar-refractivity contribution in [2.24, 2.45) is 0 Å². The molecule has 0 aliphatic carbocycles.